The Bertz CT molecular complexity index is 1050. The number of esters is 1. The summed E-state index contributed by atoms with van der Waals surface area (Å²) in [5, 5.41) is 0. The lowest BCUT2D eigenvalue weighted by atomic mass is 10.0. The van der Waals surface area contributed by atoms with Gasteiger partial charge in [-0.3, -0.25) is 24.1 Å². The molecule has 2 aromatic rings. The van der Waals surface area contributed by atoms with Crippen molar-refractivity contribution in [3.63, 3.8) is 0 Å². The van der Waals surface area contributed by atoms with Gasteiger partial charge in [0.2, 0.25) is 5.91 Å². The van der Waals surface area contributed by atoms with Gasteiger partial charge in [0.05, 0.1) is 11.1 Å². The van der Waals surface area contributed by atoms with E-state index in [0.717, 1.165) is 4.90 Å². The van der Waals surface area contributed by atoms with Gasteiger partial charge in [-0.05, 0) is 30.2 Å². The van der Waals surface area contributed by atoms with Crippen molar-refractivity contribution >= 4 is 35.3 Å². The lowest BCUT2D eigenvalue weighted by Crippen LogP contribution is -2.49. The molecule has 9 heteroatoms. The predicted octanol–water partition coefficient (Wildman–Crippen LogP) is 1.76. The third kappa shape index (κ3) is 5.08. The van der Waals surface area contributed by atoms with Gasteiger partial charge in [-0.2, -0.15) is 0 Å². The number of rotatable bonds is 9. The lowest BCUT2D eigenvalue weighted by molar-refractivity contribution is -0.153. The number of fused-ring (bicyclic) bond motifs is 1. The van der Waals surface area contributed by atoms with E-state index in [1.54, 1.807) is 56.3 Å². The first-order chi connectivity index (χ1) is 15.7. The Morgan fingerprint density at radius 3 is 2.00 bits per heavy atom. The fourth-order valence-electron chi connectivity index (χ4n) is 3.66. The number of primary amides is 1. The molecule has 1 heterocycles. The van der Waals surface area contributed by atoms with Gasteiger partial charge in [-0.15, -0.1) is 0 Å². The molecular formula is C24H25N3O6. The summed E-state index contributed by atoms with van der Waals surface area (Å²) >= 11 is 0. The quantitative estimate of drug-likeness (QED) is 0.457. The number of amides is 4. The van der Waals surface area contributed by atoms with E-state index in [4.69, 9.17) is 10.5 Å². The van der Waals surface area contributed by atoms with Gasteiger partial charge in [0.1, 0.15) is 6.04 Å². The highest BCUT2D eigenvalue weighted by Gasteiger charge is 2.44. The Balaban J connectivity index is 1.74. The molecular weight excluding hydrogens is 426 g/mol. The van der Waals surface area contributed by atoms with Gasteiger partial charge in [0, 0.05) is 18.7 Å². The van der Waals surface area contributed by atoms with Crippen molar-refractivity contribution in [3.05, 3.63) is 65.7 Å². The number of ether oxygens (including phenoxy) is 1. The topological polar surface area (TPSA) is 127 Å². The van der Waals surface area contributed by atoms with Crippen molar-refractivity contribution in [1.29, 1.82) is 0 Å². The van der Waals surface area contributed by atoms with Crippen LogP contribution in [0.5, 0.6) is 0 Å². The van der Waals surface area contributed by atoms with Gasteiger partial charge in [-0.1, -0.05) is 44.2 Å². The van der Waals surface area contributed by atoms with Crippen molar-refractivity contribution in [2.75, 3.05) is 18.1 Å². The van der Waals surface area contributed by atoms with Crippen LogP contribution in [0.1, 0.15) is 41.0 Å². The van der Waals surface area contributed by atoms with Crippen LogP contribution in [0.4, 0.5) is 5.69 Å². The smallest absolute Gasteiger partial charge is 0.330 e. The molecule has 0 saturated heterocycles. The van der Waals surface area contributed by atoms with Crippen LogP contribution in [0.2, 0.25) is 0 Å². The molecule has 1 aliphatic rings. The number of nitrogens with two attached hydrogens (primary N) is 1. The van der Waals surface area contributed by atoms with E-state index in [1.807, 2.05) is 0 Å². The average Bonchev–Trinajstić information content (AvgIpc) is 3.04. The van der Waals surface area contributed by atoms with E-state index in [2.05, 4.69) is 0 Å². The summed E-state index contributed by atoms with van der Waals surface area (Å²) in [7, 11) is 0. The molecule has 4 amide bonds. The molecule has 0 unspecified atom stereocenters. The second kappa shape index (κ2) is 10.1. The lowest BCUT2D eigenvalue weighted by Gasteiger charge is -2.28. The Morgan fingerprint density at radius 1 is 0.939 bits per heavy atom. The molecule has 0 saturated carbocycles. The van der Waals surface area contributed by atoms with E-state index < -0.39 is 48.2 Å². The molecule has 0 aliphatic carbocycles. The number of benzene rings is 2. The van der Waals surface area contributed by atoms with Crippen LogP contribution in [-0.4, -0.2) is 53.7 Å². The number of carbonyl (C=O) groups is 5. The zero-order chi connectivity index (χ0) is 24.1. The van der Waals surface area contributed by atoms with E-state index in [9.17, 15) is 24.0 Å². The molecule has 172 valence electrons. The minimum Gasteiger partial charge on any atom is -0.454 e. The maximum absolute atomic E-state index is 12.9. The fraction of sp³-hybridized carbons (Fsp3) is 0.292. The van der Waals surface area contributed by atoms with Crippen LogP contribution in [0, 0.1) is 5.92 Å². The first-order valence-corrected chi connectivity index (χ1v) is 10.5. The zero-order valence-electron chi connectivity index (χ0n) is 18.4. The molecule has 2 N–H and O–H groups in total. The molecule has 9 nitrogen and oxygen atoms in total. The second-order valence-corrected chi connectivity index (χ2v) is 7.92. The van der Waals surface area contributed by atoms with Crippen molar-refractivity contribution in [1.82, 2.24) is 4.90 Å². The highest BCUT2D eigenvalue weighted by molar-refractivity contribution is 6.22. The summed E-state index contributed by atoms with van der Waals surface area (Å²) < 4.78 is 5.25. The number of hydrogen-bond donors (Lipinski definition) is 1. The first-order valence-electron chi connectivity index (χ1n) is 10.5. The van der Waals surface area contributed by atoms with Crippen LogP contribution in [-0.2, 0) is 19.1 Å². The number of nitrogens with zero attached hydrogens (tertiary/aromatic N) is 2. The van der Waals surface area contributed by atoms with Crippen LogP contribution in [0.3, 0.4) is 0 Å². The highest BCUT2D eigenvalue weighted by atomic mass is 16.5. The summed E-state index contributed by atoms with van der Waals surface area (Å²) in [5.41, 5.74) is 6.17. The van der Waals surface area contributed by atoms with Gasteiger partial charge in [0.25, 0.3) is 17.7 Å². The summed E-state index contributed by atoms with van der Waals surface area (Å²) in [6.45, 7) is 2.75. The number of para-hydroxylation sites is 1. The normalized spacial score (nSPS) is 13.6. The third-order valence-corrected chi connectivity index (χ3v) is 5.27. The molecule has 1 atom stereocenters. The number of carbonyl (C=O) groups excluding carboxylic acids is 5. The standard InChI is InChI=1S/C24H25N3O6/c1-15(2)21(27-22(30)17-10-6-7-11-18(17)23(27)31)24(32)33-14-20(29)26(13-12-19(25)28)16-8-4-3-5-9-16/h3-11,15,21H,12-14H2,1-2H3,(H2,25,28)/t21-/m0/s1. The molecule has 33 heavy (non-hydrogen) atoms. The minimum absolute atomic E-state index is 0.0156. The van der Waals surface area contributed by atoms with Crippen LogP contribution in [0.25, 0.3) is 0 Å². The van der Waals surface area contributed by atoms with Crippen LogP contribution >= 0.6 is 0 Å². The van der Waals surface area contributed by atoms with Crippen molar-refractivity contribution in [3.8, 4) is 0 Å². The fourth-order valence-corrected chi connectivity index (χ4v) is 3.66. The van der Waals surface area contributed by atoms with E-state index in [-0.39, 0.29) is 24.1 Å². The van der Waals surface area contributed by atoms with E-state index in [0.29, 0.717) is 5.69 Å². The minimum atomic E-state index is -1.19. The van der Waals surface area contributed by atoms with E-state index in [1.165, 1.54) is 17.0 Å². The SMILES string of the molecule is CC(C)[C@@H](C(=O)OCC(=O)N(CCC(N)=O)c1ccccc1)N1C(=O)c2ccccc2C1=O. The molecule has 0 aromatic heterocycles. The maximum atomic E-state index is 12.9. The van der Waals surface area contributed by atoms with Gasteiger partial charge >= 0.3 is 5.97 Å². The second-order valence-electron chi connectivity index (χ2n) is 7.92. The number of imide groups is 1. The van der Waals surface area contributed by atoms with Crippen molar-refractivity contribution in [2.24, 2.45) is 11.7 Å². The molecule has 0 spiro atoms. The monoisotopic (exact) mass is 451 g/mol. The molecule has 2 aromatic carbocycles. The molecule has 3 rings (SSSR count). The van der Waals surface area contributed by atoms with Gasteiger partial charge in [-0.25, -0.2) is 4.79 Å². The van der Waals surface area contributed by atoms with Crippen molar-refractivity contribution in [2.45, 2.75) is 26.3 Å². The number of hydrogen-bond acceptors (Lipinski definition) is 6. The van der Waals surface area contributed by atoms with Crippen molar-refractivity contribution < 1.29 is 28.7 Å². The Kier molecular flexibility index (Phi) is 7.22. The Morgan fingerprint density at radius 2 is 1.48 bits per heavy atom. The Hall–Kier alpha value is -4.01. The van der Waals surface area contributed by atoms with Gasteiger partial charge < -0.3 is 15.4 Å². The zero-order valence-corrected chi connectivity index (χ0v) is 18.4. The average molecular weight is 451 g/mol. The summed E-state index contributed by atoms with van der Waals surface area (Å²) in [6.07, 6.45) is -0.0712. The predicted molar refractivity (Wildman–Crippen MR) is 119 cm³/mol. The largest absolute Gasteiger partial charge is 0.454 e. The summed E-state index contributed by atoms with van der Waals surface area (Å²) in [4.78, 5) is 64.8. The highest BCUT2D eigenvalue weighted by Crippen LogP contribution is 2.27. The Labute approximate surface area is 191 Å². The van der Waals surface area contributed by atoms with E-state index >= 15 is 0 Å². The van der Waals surface area contributed by atoms with Crippen LogP contribution < -0.4 is 10.6 Å². The molecule has 0 radical (unpaired) electrons. The summed E-state index contributed by atoms with van der Waals surface area (Å²) in [5.74, 6) is -3.62. The molecule has 0 fully saturated rings. The van der Waals surface area contributed by atoms with Crippen LogP contribution in [0.15, 0.2) is 54.6 Å². The molecule has 0 bridgehead atoms. The van der Waals surface area contributed by atoms with Gasteiger partial charge in [0.15, 0.2) is 6.61 Å². The molecule has 1 aliphatic heterocycles. The summed E-state index contributed by atoms with van der Waals surface area (Å²) in [6, 6.07) is 13.7. The first kappa shape index (κ1) is 23.6. The third-order valence-electron chi connectivity index (χ3n) is 5.27. The maximum Gasteiger partial charge on any atom is 0.330 e. The number of anilines is 1.